The molecule has 0 aromatic carbocycles. The number of rotatable bonds is 5. The molecule has 1 amide bonds. The van der Waals surface area contributed by atoms with Crippen molar-refractivity contribution in [1.29, 1.82) is 0 Å². The zero-order valence-corrected chi connectivity index (χ0v) is 18.6. The maximum absolute atomic E-state index is 13.2. The molecule has 0 radical (unpaired) electrons. The Morgan fingerprint density at radius 3 is 2.62 bits per heavy atom. The molecule has 2 fully saturated rings. The number of aryl methyl sites for hydroxylation is 1. The molecule has 9 heteroatoms. The summed E-state index contributed by atoms with van der Waals surface area (Å²) in [4.78, 5) is 16.4. The quantitative estimate of drug-likeness (QED) is 0.722. The van der Waals surface area contributed by atoms with Gasteiger partial charge >= 0.3 is 0 Å². The van der Waals surface area contributed by atoms with Crippen molar-refractivity contribution in [2.24, 2.45) is 0 Å². The molecule has 4 rings (SSSR count). The molecule has 7 nitrogen and oxygen atoms in total. The van der Waals surface area contributed by atoms with Gasteiger partial charge in [-0.2, -0.15) is 9.40 Å². The SMILES string of the molecule is Cc1nn(CC(=O)N2CCCC2c2cccs2)c(C)c1S(=O)(=O)N1CCCCC1. The molecule has 1 unspecified atom stereocenters. The second kappa shape index (κ2) is 8.20. The number of likely N-dealkylation sites (tertiary alicyclic amines) is 1. The van der Waals surface area contributed by atoms with E-state index < -0.39 is 10.0 Å². The third-order valence-electron chi connectivity index (χ3n) is 5.96. The fourth-order valence-corrected chi connectivity index (χ4v) is 7.27. The van der Waals surface area contributed by atoms with Gasteiger partial charge < -0.3 is 4.90 Å². The Kier molecular flexibility index (Phi) is 5.81. The second-order valence-corrected chi connectivity index (χ2v) is 10.7. The Morgan fingerprint density at radius 1 is 1.17 bits per heavy atom. The molecule has 2 saturated heterocycles. The lowest BCUT2D eigenvalue weighted by atomic mass is 10.2. The molecule has 0 saturated carbocycles. The van der Waals surface area contributed by atoms with Crippen LogP contribution in [0.1, 0.15) is 54.4 Å². The van der Waals surface area contributed by atoms with Crippen molar-refractivity contribution in [3.05, 3.63) is 33.8 Å². The van der Waals surface area contributed by atoms with E-state index in [4.69, 9.17) is 0 Å². The van der Waals surface area contributed by atoms with Crippen LogP contribution in [0.25, 0.3) is 0 Å². The largest absolute Gasteiger partial charge is 0.333 e. The van der Waals surface area contributed by atoms with Gasteiger partial charge in [-0.3, -0.25) is 9.48 Å². The molecule has 1 atom stereocenters. The van der Waals surface area contributed by atoms with Gasteiger partial charge in [0.2, 0.25) is 15.9 Å². The first kappa shape index (κ1) is 20.6. The average molecular weight is 437 g/mol. The molecule has 0 spiro atoms. The van der Waals surface area contributed by atoms with Crippen molar-refractivity contribution in [2.45, 2.75) is 63.4 Å². The summed E-state index contributed by atoms with van der Waals surface area (Å²) in [6.45, 7) is 5.40. The molecule has 4 heterocycles. The Labute approximate surface area is 176 Å². The Bertz CT molecular complexity index is 976. The number of sulfonamides is 1. The lowest BCUT2D eigenvalue weighted by Gasteiger charge is -2.26. The van der Waals surface area contributed by atoms with E-state index >= 15 is 0 Å². The minimum Gasteiger partial charge on any atom is -0.333 e. The monoisotopic (exact) mass is 436 g/mol. The number of amides is 1. The maximum atomic E-state index is 13.2. The van der Waals surface area contributed by atoms with Crippen LogP contribution in [0, 0.1) is 13.8 Å². The molecule has 2 aliphatic heterocycles. The van der Waals surface area contributed by atoms with Gasteiger partial charge in [0.1, 0.15) is 11.4 Å². The van der Waals surface area contributed by atoms with Gasteiger partial charge in [0.15, 0.2) is 0 Å². The Morgan fingerprint density at radius 2 is 1.93 bits per heavy atom. The summed E-state index contributed by atoms with van der Waals surface area (Å²) >= 11 is 1.68. The summed E-state index contributed by atoms with van der Waals surface area (Å²) < 4.78 is 29.5. The summed E-state index contributed by atoms with van der Waals surface area (Å²) in [5.41, 5.74) is 1.02. The summed E-state index contributed by atoms with van der Waals surface area (Å²) in [7, 11) is -3.58. The molecule has 2 aromatic rings. The van der Waals surface area contributed by atoms with Gasteiger partial charge in [-0.25, -0.2) is 8.42 Å². The smallest absolute Gasteiger partial charge is 0.246 e. The third kappa shape index (κ3) is 3.87. The van der Waals surface area contributed by atoms with Gasteiger partial charge in [-0.1, -0.05) is 12.5 Å². The van der Waals surface area contributed by atoms with Gasteiger partial charge in [0, 0.05) is 24.5 Å². The fourth-order valence-electron chi connectivity index (χ4n) is 4.50. The highest BCUT2D eigenvalue weighted by atomic mass is 32.2. The van der Waals surface area contributed by atoms with E-state index in [-0.39, 0.29) is 23.4 Å². The first-order chi connectivity index (χ1) is 13.9. The van der Waals surface area contributed by atoms with Crippen molar-refractivity contribution in [3.8, 4) is 0 Å². The summed E-state index contributed by atoms with van der Waals surface area (Å²) in [6.07, 6.45) is 4.81. The molecule has 29 heavy (non-hydrogen) atoms. The van der Waals surface area contributed by atoms with Crippen molar-refractivity contribution in [2.75, 3.05) is 19.6 Å². The van der Waals surface area contributed by atoms with Crippen LogP contribution in [0.5, 0.6) is 0 Å². The van der Waals surface area contributed by atoms with Crippen LogP contribution in [-0.2, 0) is 21.4 Å². The molecular formula is C20H28N4O3S2. The summed E-state index contributed by atoms with van der Waals surface area (Å²) in [6, 6.07) is 4.21. The van der Waals surface area contributed by atoms with Crippen LogP contribution < -0.4 is 0 Å². The molecule has 0 N–H and O–H groups in total. The standard InChI is InChI=1S/C20H28N4O3S2/c1-15-20(29(26,27)22-10-4-3-5-11-22)16(2)24(21-15)14-19(25)23-12-6-8-17(23)18-9-7-13-28-18/h7,9,13,17H,3-6,8,10-12,14H2,1-2H3. The van der Waals surface area contributed by atoms with Gasteiger partial charge in [0.05, 0.1) is 17.4 Å². The highest BCUT2D eigenvalue weighted by Crippen LogP contribution is 2.35. The zero-order chi connectivity index (χ0) is 20.6. The maximum Gasteiger partial charge on any atom is 0.246 e. The molecular weight excluding hydrogens is 408 g/mol. The van der Waals surface area contributed by atoms with Crippen LogP contribution in [0.2, 0.25) is 0 Å². The van der Waals surface area contributed by atoms with Crippen molar-refractivity contribution >= 4 is 27.3 Å². The molecule has 0 bridgehead atoms. The minimum absolute atomic E-state index is 0.00609. The van der Waals surface area contributed by atoms with E-state index in [9.17, 15) is 13.2 Å². The number of aromatic nitrogens is 2. The van der Waals surface area contributed by atoms with E-state index in [1.165, 1.54) is 4.88 Å². The highest BCUT2D eigenvalue weighted by Gasteiger charge is 2.34. The molecule has 158 valence electrons. The number of hydrogen-bond acceptors (Lipinski definition) is 5. The van der Waals surface area contributed by atoms with Crippen LogP contribution in [0.3, 0.4) is 0 Å². The predicted octanol–water partition coefficient (Wildman–Crippen LogP) is 3.10. The lowest BCUT2D eigenvalue weighted by Crippen LogP contribution is -2.36. The number of thiophene rings is 1. The number of piperidine rings is 1. The zero-order valence-electron chi connectivity index (χ0n) is 17.0. The first-order valence-electron chi connectivity index (χ1n) is 10.3. The number of carbonyl (C=O) groups is 1. The number of hydrogen-bond donors (Lipinski definition) is 0. The Hall–Kier alpha value is -1.71. The average Bonchev–Trinajstić information content (AvgIpc) is 3.43. The van der Waals surface area contributed by atoms with Crippen molar-refractivity contribution in [1.82, 2.24) is 19.0 Å². The predicted molar refractivity (Wildman–Crippen MR) is 112 cm³/mol. The third-order valence-corrected chi connectivity index (χ3v) is 9.08. The Balaban J connectivity index is 1.56. The molecule has 2 aliphatic rings. The van der Waals surface area contributed by atoms with Crippen LogP contribution in [0.15, 0.2) is 22.4 Å². The summed E-state index contributed by atoms with van der Waals surface area (Å²) in [5, 5.41) is 6.47. The second-order valence-electron chi connectivity index (χ2n) is 7.88. The van der Waals surface area contributed by atoms with E-state index in [0.29, 0.717) is 24.5 Å². The van der Waals surface area contributed by atoms with E-state index in [0.717, 1.165) is 38.6 Å². The van der Waals surface area contributed by atoms with E-state index in [1.807, 2.05) is 16.3 Å². The van der Waals surface area contributed by atoms with Crippen LogP contribution in [0.4, 0.5) is 0 Å². The fraction of sp³-hybridized carbons (Fsp3) is 0.600. The van der Waals surface area contributed by atoms with E-state index in [1.54, 1.807) is 34.2 Å². The number of nitrogens with zero attached hydrogens (tertiary/aromatic N) is 4. The van der Waals surface area contributed by atoms with Gasteiger partial charge in [-0.15, -0.1) is 11.3 Å². The van der Waals surface area contributed by atoms with E-state index in [2.05, 4.69) is 11.2 Å². The van der Waals surface area contributed by atoms with Crippen LogP contribution >= 0.6 is 11.3 Å². The minimum atomic E-state index is -3.58. The normalized spacial score (nSPS) is 21.0. The van der Waals surface area contributed by atoms with Crippen molar-refractivity contribution < 1.29 is 13.2 Å². The van der Waals surface area contributed by atoms with Gasteiger partial charge in [-0.05, 0) is 51.0 Å². The number of carbonyl (C=O) groups excluding carboxylic acids is 1. The molecule has 0 aliphatic carbocycles. The topological polar surface area (TPSA) is 75.5 Å². The lowest BCUT2D eigenvalue weighted by molar-refractivity contribution is -0.133. The summed E-state index contributed by atoms with van der Waals surface area (Å²) in [5.74, 6) is -0.00609. The molecule has 2 aromatic heterocycles. The van der Waals surface area contributed by atoms with Gasteiger partial charge in [0.25, 0.3) is 0 Å². The van der Waals surface area contributed by atoms with Crippen molar-refractivity contribution in [3.63, 3.8) is 0 Å². The van der Waals surface area contributed by atoms with Crippen LogP contribution in [-0.4, -0.2) is 52.9 Å². The highest BCUT2D eigenvalue weighted by molar-refractivity contribution is 7.89. The first-order valence-corrected chi connectivity index (χ1v) is 12.6.